The lowest BCUT2D eigenvalue weighted by Crippen LogP contribution is -2.33. The summed E-state index contributed by atoms with van der Waals surface area (Å²) in [7, 11) is 0. The summed E-state index contributed by atoms with van der Waals surface area (Å²) in [5, 5.41) is 3.47. The molecule has 0 radical (unpaired) electrons. The Morgan fingerprint density at radius 3 is 2.74 bits per heavy atom. The number of rotatable bonds is 10. The van der Waals surface area contributed by atoms with Crippen LogP contribution in [0.1, 0.15) is 43.7 Å². The van der Waals surface area contributed by atoms with Gasteiger partial charge in [-0.3, -0.25) is 0 Å². The van der Waals surface area contributed by atoms with Gasteiger partial charge in [-0.1, -0.05) is 30.3 Å². The Kier molecular flexibility index (Phi) is 8.03. The van der Waals surface area contributed by atoms with Gasteiger partial charge >= 0.3 is 0 Å². The molecule has 1 heterocycles. The zero-order valence-corrected chi connectivity index (χ0v) is 16.6. The van der Waals surface area contributed by atoms with Gasteiger partial charge in [0.15, 0.2) is 0 Å². The predicted octanol–water partition coefficient (Wildman–Crippen LogP) is 5.03. The number of benzene rings is 2. The molecule has 0 spiro atoms. The molecule has 146 valence electrons. The zero-order valence-electron chi connectivity index (χ0n) is 16.6. The molecule has 1 atom stereocenters. The smallest absolute Gasteiger partial charge is 0.122 e. The Balaban J connectivity index is 1.44. The normalized spacial score (nSPS) is 16.9. The summed E-state index contributed by atoms with van der Waals surface area (Å²) in [6.45, 7) is 5.81. The van der Waals surface area contributed by atoms with Crippen molar-refractivity contribution >= 4 is 0 Å². The van der Waals surface area contributed by atoms with Crippen LogP contribution in [0.2, 0.25) is 0 Å². The van der Waals surface area contributed by atoms with E-state index in [1.165, 1.54) is 36.8 Å². The third-order valence-corrected chi connectivity index (χ3v) is 5.22. The van der Waals surface area contributed by atoms with Gasteiger partial charge in [0, 0.05) is 12.5 Å². The fourth-order valence-corrected chi connectivity index (χ4v) is 3.73. The van der Waals surface area contributed by atoms with E-state index < -0.39 is 0 Å². The van der Waals surface area contributed by atoms with E-state index in [-0.39, 0.29) is 0 Å². The highest BCUT2D eigenvalue weighted by Crippen LogP contribution is 2.23. The van der Waals surface area contributed by atoms with Gasteiger partial charge in [-0.15, -0.1) is 0 Å². The summed E-state index contributed by atoms with van der Waals surface area (Å²) in [4.78, 5) is 0. The second kappa shape index (κ2) is 11.0. The van der Waals surface area contributed by atoms with E-state index in [4.69, 9.17) is 9.47 Å². The molecule has 3 heteroatoms. The monoisotopic (exact) mass is 367 g/mol. The van der Waals surface area contributed by atoms with Crippen LogP contribution in [0.25, 0.3) is 0 Å². The molecule has 0 aliphatic carbocycles. The second-order valence-corrected chi connectivity index (χ2v) is 7.42. The molecule has 0 saturated carbocycles. The second-order valence-electron chi connectivity index (χ2n) is 7.42. The van der Waals surface area contributed by atoms with Crippen LogP contribution >= 0.6 is 0 Å². The van der Waals surface area contributed by atoms with E-state index in [2.05, 4.69) is 47.8 Å². The number of ether oxygens (including phenoxy) is 2. The fourth-order valence-electron chi connectivity index (χ4n) is 3.73. The third-order valence-electron chi connectivity index (χ3n) is 5.22. The third kappa shape index (κ3) is 6.59. The summed E-state index contributed by atoms with van der Waals surface area (Å²) in [5.41, 5.74) is 2.69. The molecule has 1 fully saturated rings. The van der Waals surface area contributed by atoms with Crippen molar-refractivity contribution < 1.29 is 9.47 Å². The van der Waals surface area contributed by atoms with Gasteiger partial charge in [-0.25, -0.2) is 0 Å². The van der Waals surface area contributed by atoms with E-state index in [1.807, 2.05) is 13.0 Å². The topological polar surface area (TPSA) is 30.5 Å². The Bertz CT molecular complexity index is 680. The molecular formula is C24H33NO2. The van der Waals surface area contributed by atoms with Crippen LogP contribution in [0.15, 0.2) is 48.5 Å². The van der Waals surface area contributed by atoms with E-state index in [0.29, 0.717) is 5.92 Å². The van der Waals surface area contributed by atoms with Crippen molar-refractivity contribution in [2.45, 2.75) is 45.4 Å². The largest absolute Gasteiger partial charge is 0.494 e. The van der Waals surface area contributed by atoms with Crippen molar-refractivity contribution in [3.63, 3.8) is 0 Å². The maximum atomic E-state index is 6.18. The summed E-state index contributed by atoms with van der Waals surface area (Å²) in [6.07, 6.45) is 7.05. The number of nitrogens with one attached hydrogen (secondary N) is 1. The summed E-state index contributed by atoms with van der Waals surface area (Å²) < 4.78 is 11.8. The lowest BCUT2D eigenvalue weighted by molar-refractivity contribution is 0.217. The zero-order chi connectivity index (χ0) is 18.7. The molecule has 0 aromatic heterocycles. The van der Waals surface area contributed by atoms with Crippen LogP contribution in [0.3, 0.4) is 0 Å². The van der Waals surface area contributed by atoms with Crippen LogP contribution in [0.4, 0.5) is 0 Å². The molecule has 3 rings (SSSR count). The molecular weight excluding hydrogens is 334 g/mol. The van der Waals surface area contributed by atoms with Crippen LogP contribution in [-0.4, -0.2) is 26.3 Å². The van der Waals surface area contributed by atoms with Gasteiger partial charge in [0.1, 0.15) is 11.5 Å². The van der Waals surface area contributed by atoms with Crippen molar-refractivity contribution in [1.29, 1.82) is 0 Å². The number of unbranched alkanes of at least 4 members (excludes halogenated alkanes) is 1. The molecule has 1 unspecified atom stereocenters. The Morgan fingerprint density at radius 1 is 1.00 bits per heavy atom. The minimum absolute atomic E-state index is 0.643. The summed E-state index contributed by atoms with van der Waals surface area (Å²) in [6, 6.07) is 17.0. The SMILES string of the molecule is CCOc1cccc(CCCCc2ccccc2OCC2CCCNC2)c1. The van der Waals surface area contributed by atoms with E-state index in [9.17, 15) is 0 Å². The van der Waals surface area contributed by atoms with E-state index in [0.717, 1.165) is 50.6 Å². The highest BCUT2D eigenvalue weighted by molar-refractivity contribution is 5.33. The Morgan fingerprint density at radius 2 is 1.89 bits per heavy atom. The van der Waals surface area contributed by atoms with Crippen molar-refractivity contribution in [2.75, 3.05) is 26.3 Å². The van der Waals surface area contributed by atoms with Crippen LogP contribution in [0, 0.1) is 5.92 Å². The van der Waals surface area contributed by atoms with Gasteiger partial charge in [0.25, 0.3) is 0 Å². The molecule has 1 aliphatic rings. The van der Waals surface area contributed by atoms with Gasteiger partial charge in [-0.2, -0.15) is 0 Å². The van der Waals surface area contributed by atoms with Crippen molar-refractivity contribution in [2.24, 2.45) is 5.92 Å². The molecule has 2 aromatic rings. The first-order chi connectivity index (χ1) is 13.3. The predicted molar refractivity (Wildman–Crippen MR) is 112 cm³/mol. The fraction of sp³-hybridized carbons (Fsp3) is 0.500. The molecule has 1 aliphatic heterocycles. The maximum absolute atomic E-state index is 6.18. The molecule has 1 N–H and O–H groups in total. The summed E-state index contributed by atoms with van der Waals surface area (Å²) in [5.74, 6) is 2.69. The minimum Gasteiger partial charge on any atom is -0.494 e. The van der Waals surface area contributed by atoms with Crippen LogP contribution in [-0.2, 0) is 12.8 Å². The molecule has 3 nitrogen and oxygen atoms in total. The average Bonchev–Trinajstić information content (AvgIpc) is 2.72. The van der Waals surface area contributed by atoms with Gasteiger partial charge in [0.2, 0.25) is 0 Å². The molecule has 0 amide bonds. The van der Waals surface area contributed by atoms with Gasteiger partial charge < -0.3 is 14.8 Å². The Labute approximate surface area is 164 Å². The first-order valence-corrected chi connectivity index (χ1v) is 10.5. The van der Waals surface area contributed by atoms with E-state index >= 15 is 0 Å². The van der Waals surface area contributed by atoms with Crippen LogP contribution in [0.5, 0.6) is 11.5 Å². The highest BCUT2D eigenvalue weighted by Gasteiger charge is 2.14. The molecule has 1 saturated heterocycles. The maximum Gasteiger partial charge on any atom is 0.122 e. The Hall–Kier alpha value is -2.00. The van der Waals surface area contributed by atoms with Gasteiger partial charge in [0.05, 0.1) is 13.2 Å². The van der Waals surface area contributed by atoms with Gasteiger partial charge in [-0.05, 0) is 81.3 Å². The number of hydrogen-bond acceptors (Lipinski definition) is 3. The highest BCUT2D eigenvalue weighted by atomic mass is 16.5. The van der Waals surface area contributed by atoms with Crippen LogP contribution < -0.4 is 14.8 Å². The minimum atomic E-state index is 0.643. The first-order valence-electron chi connectivity index (χ1n) is 10.5. The van der Waals surface area contributed by atoms with E-state index in [1.54, 1.807) is 0 Å². The standard InChI is InChI=1S/C24H33NO2/c1-2-26-23-14-7-10-20(17-23)9-3-4-12-22-13-5-6-15-24(22)27-19-21-11-8-16-25-18-21/h5-7,10,13-15,17,21,25H,2-4,8-9,11-12,16,18-19H2,1H3. The average molecular weight is 368 g/mol. The quantitative estimate of drug-likeness (QED) is 0.598. The van der Waals surface area contributed by atoms with Crippen molar-refractivity contribution in [3.05, 3.63) is 59.7 Å². The number of aryl methyl sites for hydroxylation is 2. The molecule has 27 heavy (non-hydrogen) atoms. The number of piperidine rings is 1. The lowest BCUT2D eigenvalue weighted by atomic mass is 10.0. The number of hydrogen-bond donors (Lipinski definition) is 1. The van der Waals surface area contributed by atoms with Crippen molar-refractivity contribution in [3.8, 4) is 11.5 Å². The van der Waals surface area contributed by atoms with Crippen molar-refractivity contribution in [1.82, 2.24) is 5.32 Å². The summed E-state index contributed by atoms with van der Waals surface area (Å²) >= 11 is 0. The molecule has 2 aromatic carbocycles. The molecule has 0 bridgehead atoms. The lowest BCUT2D eigenvalue weighted by Gasteiger charge is -2.23. The first kappa shape index (κ1) is 19.8. The number of para-hydroxylation sites is 1.